The molecule has 92 valence electrons. The Hall–Kier alpha value is -1.62. The summed E-state index contributed by atoms with van der Waals surface area (Å²) >= 11 is 0. The number of methoxy groups -OCH3 is 1. The molecule has 1 aliphatic heterocycles. The third-order valence-electron chi connectivity index (χ3n) is 3.16. The molecule has 1 aromatic rings. The van der Waals surface area contributed by atoms with Gasteiger partial charge >= 0.3 is 0 Å². The van der Waals surface area contributed by atoms with Crippen LogP contribution in [-0.2, 0) is 4.79 Å². The van der Waals surface area contributed by atoms with Crippen molar-refractivity contribution in [2.75, 3.05) is 14.2 Å². The highest BCUT2D eigenvalue weighted by Gasteiger charge is 2.33. The van der Waals surface area contributed by atoms with Gasteiger partial charge in [0.15, 0.2) is 0 Å². The summed E-state index contributed by atoms with van der Waals surface area (Å²) in [7, 11) is 3.34. The van der Waals surface area contributed by atoms with Gasteiger partial charge in [0.05, 0.1) is 18.8 Å². The number of nitrogens with two attached hydrogens (primary N) is 1. The summed E-state index contributed by atoms with van der Waals surface area (Å²) < 4.78 is 5.09. The van der Waals surface area contributed by atoms with Crippen LogP contribution in [0.15, 0.2) is 18.2 Å². The standard InChI is InChI=1S/C12H17N3O2/c1-15-11(16)7-6-8(13)12(15)9-4-3-5-10(14-9)17-2/h3-5,8,12H,6-7,13H2,1-2H3. The van der Waals surface area contributed by atoms with Gasteiger partial charge in [0.2, 0.25) is 11.8 Å². The summed E-state index contributed by atoms with van der Waals surface area (Å²) in [5, 5.41) is 0. The second-order valence-electron chi connectivity index (χ2n) is 4.26. The molecule has 0 radical (unpaired) electrons. The maximum Gasteiger partial charge on any atom is 0.222 e. The second kappa shape index (κ2) is 4.71. The molecule has 1 fully saturated rings. The molecule has 1 aromatic heterocycles. The molecule has 0 bridgehead atoms. The molecule has 0 spiro atoms. The van der Waals surface area contributed by atoms with Crippen LogP contribution in [0.25, 0.3) is 0 Å². The average Bonchev–Trinajstić information content (AvgIpc) is 2.35. The molecule has 2 atom stereocenters. The van der Waals surface area contributed by atoms with E-state index in [0.29, 0.717) is 18.7 Å². The zero-order valence-electron chi connectivity index (χ0n) is 10.1. The second-order valence-corrected chi connectivity index (χ2v) is 4.26. The lowest BCUT2D eigenvalue weighted by Crippen LogP contribution is -2.47. The number of hydrogen-bond acceptors (Lipinski definition) is 4. The van der Waals surface area contributed by atoms with E-state index >= 15 is 0 Å². The summed E-state index contributed by atoms with van der Waals surface area (Å²) in [6.07, 6.45) is 1.21. The van der Waals surface area contributed by atoms with Crippen molar-refractivity contribution in [1.29, 1.82) is 0 Å². The van der Waals surface area contributed by atoms with Crippen LogP contribution in [0.2, 0.25) is 0 Å². The van der Waals surface area contributed by atoms with Gasteiger partial charge < -0.3 is 15.4 Å². The molecule has 17 heavy (non-hydrogen) atoms. The van der Waals surface area contributed by atoms with Crippen LogP contribution >= 0.6 is 0 Å². The van der Waals surface area contributed by atoms with E-state index in [1.54, 1.807) is 25.1 Å². The largest absolute Gasteiger partial charge is 0.481 e. The van der Waals surface area contributed by atoms with E-state index in [-0.39, 0.29) is 18.0 Å². The van der Waals surface area contributed by atoms with Gasteiger partial charge in [-0.25, -0.2) is 4.98 Å². The summed E-state index contributed by atoms with van der Waals surface area (Å²) in [6, 6.07) is 5.28. The highest BCUT2D eigenvalue weighted by Crippen LogP contribution is 2.29. The summed E-state index contributed by atoms with van der Waals surface area (Å²) in [5.74, 6) is 0.655. The Labute approximate surface area is 101 Å². The number of ether oxygens (including phenoxy) is 1. The summed E-state index contributed by atoms with van der Waals surface area (Å²) in [6.45, 7) is 0. The van der Waals surface area contributed by atoms with Gasteiger partial charge in [-0.2, -0.15) is 0 Å². The van der Waals surface area contributed by atoms with Crippen LogP contribution in [0.3, 0.4) is 0 Å². The van der Waals surface area contributed by atoms with Crippen molar-refractivity contribution in [2.45, 2.75) is 24.9 Å². The van der Waals surface area contributed by atoms with Crippen molar-refractivity contribution in [2.24, 2.45) is 5.73 Å². The first kappa shape index (κ1) is 11.9. The Kier molecular flexibility index (Phi) is 3.28. The molecule has 2 unspecified atom stereocenters. The predicted molar refractivity (Wildman–Crippen MR) is 63.5 cm³/mol. The molecule has 0 aromatic carbocycles. The number of piperidine rings is 1. The molecule has 5 nitrogen and oxygen atoms in total. The number of likely N-dealkylation sites (N-methyl/N-ethyl adjacent to an activating group) is 1. The molecular weight excluding hydrogens is 218 g/mol. The highest BCUT2D eigenvalue weighted by molar-refractivity contribution is 5.77. The zero-order chi connectivity index (χ0) is 12.4. The van der Waals surface area contributed by atoms with Crippen molar-refractivity contribution in [3.8, 4) is 5.88 Å². The lowest BCUT2D eigenvalue weighted by molar-refractivity contribution is -0.135. The molecule has 2 N–H and O–H groups in total. The van der Waals surface area contributed by atoms with Crippen LogP contribution < -0.4 is 10.5 Å². The van der Waals surface area contributed by atoms with Gasteiger partial charge in [-0.1, -0.05) is 6.07 Å². The number of aromatic nitrogens is 1. The minimum atomic E-state index is -0.161. The number of carbonyl (C=O) groups is 1. The fourth-order valence-electron chi connectivity index (χ4n) is 2.19. The SMILES string of the molecule is COc1cccc(C2C(N)CCC(=O)N2C)n1. The van der Waals surface area contributed by atoms with Crippen molar-refractivity contribution >= 4 is 5.91 Å². The first-order valence-electron chi connectivity index (χ1n) is 5.65. The van der Waals surface area contributed by atoms with Crippen molar-refractivity contribution in [3.63, 3.8) is 0 Å². The van der Waals surface area contributed by atoms with Gasteiger partial charge in [-0.05, 0) is 12.5 Å². The maximum atomic E-state index is 11.7. The van der Waals surface area contributed by atoms with Crippen LogP contribution in [0.1, 0.15) is 24.6 Å². The molecule has 1 saturated heterocycles. The number of amides is 1. The fourth-order valence-corrected chi connectivity index (χ4v) is 2.19. The van der Waals surface area contributed by atoms with Crippen molar-refractivity contribution in [1.82, 2.24) is 9.88 Å². The van der Waals surface area contributed by atoms with Gasteiger partial charge in [0.25, 0.3) is 0 Å². The van der Waals surface area contributed by atoms with E-state index in [9.17, 15) is 4.79 Å². The lowest BCUT2D eigenvalue weighted by Gasteiger charge is -2.36. The monoisotopic (exact) mass is 235 g/mol. The number of likely N-dealkylation sites (tertiary alicyclic amines) is 1. The Balaban J connectivity index is 2.32. The van der Waals surface area contributed by atoms with E-state index in [4.69, 9.17) is 10.5 Å². The average molecular weight is 235 g/mol. The number of pyridine rings is 1. The molecule has 2 rings (SSSR count). The molecule has 5 heteroatoms. The number of nitrogens with zero attached hydrogens (tertiary/aromatic N) is 2. The topological polar surface area (TPSA) is 68.5 Å². The molecule has 1 amide bonds. The van der Waals surface area contributed by atoms with Crippen molar-refractivity contribution < 1.29 is 9.53 Å². The Morgan fingerprint density at radius 3 is 3.00 bits per heavy atom. The van der Waals surface area contributed by atoms with Crippen LogP contribution in [0.5, 0.6) is 5.88 Å². The number of hydrogen-bond donors (Lipinski definition) is 1. The normalized spacial score (nSPS) is 24.9. The van der Waals surface area contributed by atoms with E-state index in [0.717, 1.165) is 5.69 Å². The van der Waals surface area contributed by atoms with Crippen LogP contribution in [0.4, 0.5) is 0 Å². The molecule has 1 aliphatic rings. The molecule has 0 saturated carbocycles. The zero-order valence-corrected chi connectivity index (χ0v) is 10.1. The van der Waals surface area contributed by atoms with Gasteiger partial charge in [0, 0.05) is 25.6 Å². The minimum absolute atomic E-state index is 0.0719. The van der Waals surface area contributed by atoms with Gasteiger partial charge in [-0.3, -0.25) is 4.79 Å². The minimum Gasteiger partial charge on any atom is -0.481 e. The molecule has 0 aliphatic carbocycles. The maximum absolute atomic E-state index is 11.7. The third-order valence-corrected chi connectivity index (χ3v) is 3.16. The van der Waals surface area contributed by atoms with E-state index < -0.39 is 0 Å². The highest BCUT2D eigenvalue weighted by atomic mass is 16.5. The summed E-state index contributed by atoms with van der Waals surface area (Å²) in [4.78, 5) is 17.7. The molecular formula is C12H17N3O2. The Morgan fingerprint density at radius 2 is 2.29 bits per heavy atom. The lowest BCUT2D eigenvalue weighted by atomic mass is 9.94. The van der Waals surface area contributed by atoms with Gasteiger partial charge in [-0.15, -0.1) is 0 Å². The van der Waals surface area contributed by atoms with E-state index in [1.165, 1.54) is 0 Å². The van der Waals surface area contributed by atoms with E-state index in [2.05, 4.69) is 4.98 Å². The fraction of sp³-hybridized carbons (Fsp3) is 0.500. The summed E-state index contributed by atoms with van der Waals surface area (Å²) in [5.41, 5.74) is 6.87. The van der Waals surface area contributed by atoms with Crippen LogP contribution in [0, 0.1) is 0 Å². The van der Waals surface area contributed by atoms with E-state index in [1.807, 2.05) is 12.1 Å². The number of rotatable bonds is 2. The Morgan fingerprint density at radius 1 is 1.53 bits per heavy atom. The predicted octanol–water partition coefficient (Wildman–Crippen LogP) is 0.711. The number of carbonyl (C=O) groups excluding carboxylic acids is 1. The first-order valence-corrected chi connectivity index (χ1v) is 5.65. The van der Waals surface area contributed by atoms with Crippen LogP contribution in [-0.4, -0.2) is 36.0 Å². The van der Waals surface area contributed by atoms with Crippen molar-refractivity contribution in [3.05, 3.63) is 23.9 Å². The third kappa shape index (κ3) is 2.24. The quantitative estimate of drug-likeness (QED) is 0.819. The Bertz CT molecular complexity index is 422. The molecule has 2 heterocycles. The van der Waals surface area contributed by atoms with Gasteiger partial charge in [0.1, 0.15) is 0 Å². The smallest absolute Gasteiger partial charge is 0.222 e. The first-order chi connectivity index (χ1) is 8.13.